The minimum atomic E-state index is -0.508. The average molecular weight is 702 g/mol. The lowest BCUT2D eigenvalue weighted by atomic mass is 9.67. The Morgan fingerprint density at radius 2 is 0.945 bits per heavy atom. The van der Waals surface area contributed by atoms with Crippen LogP contribution in [0.4, 0.5) is 11.4 Å². The third-order valence-corrected chi connectivity index (χ3v) is 12.5. The van der Waals surface area contributed by atoms with E-state index < -0.39 is 5.41 Å². The molecule has 0 amide bonds. The molecule has 9 aromatic carbocycles. The van der Waals surface area contributed by atoms with Crippen molar-refractivity contribution in [2.24, 2.45) is 0 Å². The van der Waals surface area contributed by atoms with Gasteiger partial charge >= 0.3 is 0 Å². The largest absolute Gasteiger partial charge is 0.355 e. The monoisotopic (exact) mass is 701 g/mol. The van der Waals surface area contributed by atoms with Crippen LogP contribution in [0.1, 0.15) is 47.2 Å². The van der Waals surface area contributed by atoms with Crippen LogP contribution in [0.2, 0.25) is 0 Å². The maximum atomic E-state index is 3.86. The van der Waals surface area contributed by atoms with Gasteiger partial charge < -0.3 is 5.32 Å². The Morgan fingerprint density at radius 1 is 0.382 bits per heavy atom. The normalized spacial score (nSPS) is 14.3. The summed E-state index contributed by atoms with van der Waals surface area (Å²) in [7, 11) is 0. The van der Waals surface area contributed by atoms with Crippen LogP contribution < -0.4 is 5.32 Å². The first-order valence-corrected chi connectivity index (χ1v) is 19.3. The molecule has 2 aliphatic rings. The van der Waals surface area contributed by atoms with Crippen LogP contribution in [0, 0.1) is 0 Å². The van der Waals surface area contributed by atoms with Crippen molar-refractivity contribution >= 4 is 32.9 Å². The van der Waals surface area contributed by atoms with Gasteiger partial charge in [0.1, 0.15) is 0 Å². The quantitative estimate of drug-likeness (QED) is 0.176. The summed E-state index contributed by atoms with van der Waals surface area (Å²) in [6.07, 6.45) is 0. The van der Waals surface area contributed by atoms with E-state index in [1.165, 1.54) is 88.3 Å². The first kappa shape index (κ1) is 31.8. The highest BCUT2D eigenvalue weighted by atomic mass is 14.9. The zero-order chi connectivity index (χ0) is 36.7. The first-order valence-electron chi connectivity index (χ1n) is 19.3. The molecule has 0 radical (unpaired) electrons. The van der Waals surface area contributed by atoms with Crippen LogP contribution in [-0.4, -0.2) is 0 Å². The van der Waals surface area contributed by atoms with Crippen molar-refractivity contribution in [2.45, 2.75) is 24.7 Å². The lowest BCUT2D eigenvalue weighted by Crippen LogP contribution is -2.28. The molecule has 0 spiro atoms. The number of hydrogen-bond donors (Lipinski definition) is 1. The molecule has 1 heteroatoms. The molecule has 9 aromatic rings. The molecular weight excluding hydrogens is 663 g/mol. The highest BCUT2D eigenvalue weighted by Gasteiger charge is 2.46. The number of fused-ring (bicyclic) bond motifs is 8. The summed E-state index contributed by atoms with van der Waals surface area (Å²) in [5.41, 5.74) is 17.4. The highest BCUT2D eigenvalue weighted by molar-refractivity contribution is 6.04. The standard InChI is InChI=1S/C54H39N/c1-53(2)47-23-8-7-21-45(47)52-42(22-13-26-50(52)53)35-28-30-39(31-29-35)54(48-24-9-5-19-43(48)44-20-6-10-25-49(44)54)40-17-12-18-41(34-40)55-51-27-11-16-38-32-36-14-3-4-15-37(36)33-46(38)51/h3-34,55H,1-2H3. The SMILES string of the molecule is CC1(C)c2ccccc2-c2c(-c3ccc(C4(c5cccc(Nc6cccc7cc8ccccc8cc67)c5)c5ccccc5-c5ccccc54)cc3)cccc21. The van der Waals surface area contributed by atoms with Gasteiger partial charge in [-0.25, -0.2) is 0 Å². The molecule has 0 aliphatic heterocycles. The minimum absolute atomic E-state index is 0.0396. The Hall–Kier alpha value is -6.70. The van der Waals surface area contributed by atoms with Crippen molar-refractivity contribution in [1.29, 1.82) is 0 Å². The molecule has 55 heavy (non-hydrogen) atoms. The fourth-order valence-corrected chi connectivity index (χ4v) is 9.98. The van der Waals surface area contributed by atoms with Crippen LogP contribution in [0.3, 0.4) is 0 Å². The smallest absolute Gasteiger partial charge is 0.0714 e. The van der Waals surface area contributed by atoms with Gasteiger partial charge in [-0.15, -0.1) is 0 Å². The number of nitrogens with one attached hydrogen (secondary N) is 1. The van der Waals surface area contributed by atoms with Crippen molar-refractivity contribution in [2.75, 3.05) is 5.32 Å². The van der Waals surface area contributed by atoms with Crippen molar-refractivity contribution in [3.05, 3.63) is 228 Å². The van der Waals surface area contributed by atoms with Gasteiger partial charge in [-0.1, -0.05) is 178 Å². The van der Waals surface area contributed by atoms with Crippen LogP contribution in [-0.2, 0) is 10.8 Å². The molecule has 0 saturated heterocycles. The van der Waals surface area contributed by atoms with Crippen molar-refractivity contribution in [3.63, 3.8) is 0 Å². The molecule has 0 bridgehead atoms. The van der Waals surface area contributed by atoms with Crippen molar-refractivity contribution in [3.8, 4) is 33.4 Å². The lowest BCUT2D eigenvalue weighted by Gasteiger charge is -2.34. The zero-order valence-corrected chi connectivity index (χ0v) is 31.0. The molecule has 11 rings (SSSR count). The summed E-state index contributed by atoms with van der Waals surface area (Å²) in [4.78, 5) is 0. The number of hydrogen-bond acceptors (Lipinski definition) is 1. The van der Waals surface area contributed by atoms with Gasteiger partial charge in [-0.2, -0.15) is 0 Å². The highest BCUT2D eigenvalue weighted by Crippen LogP contribution is 2.57. The van der Waals surface area contributed by atoms with E-state index in [1.807, 2.05) is 0 Å². The summed E-state index contributed by atoms with van der Waals surface area (Å²) in [5.74, 6) is 0. The van der Waals surface area contributed by atoms with Gasteiger partial charge in [-0.3, -0.25) is 0 Å². The number of anilines is 2. The zero-order valence-electron chi connectivity index (χ0n) is 31.0. The van der Waals surface area contributed by atoms with E-state index in [9.17, 15) is 0 Å². The second-order valence-corrected chi connectivity index (χ2v) is 15.7. The summed E-state index contributed by atoms with van der Waals surface area (Å²) in [6, 6.07) is 72.1. The van der Waals surface area contributed by atoms with Gasteiger partial charge in [0.15, 0.2) is 0 Å². The summed E-state index contributed by atoms with van der Waals surface area (Å²) in [5, 5.41) is 8.80. The Balaban J connectivity index is 1.08. The van der Waals surface area contributed by atoms with Gasteiger partial charge in [-0.05, 0) is 113 Å². The fraction of sp³-hybridized carbons (Fsp3) is 0.0741. The molecule has 0 aromatic heterocycles. The Bertz CT molecular complexity index is 2940. The number of rotatable bonds is 5. The summed E-state index contributed by atoms with van der Waals surface area (Å²) >= 11 is 0. The summed E-state index contributed by atoms with van der Waals surface area (Å²) in [6.45, 7) is 4.71. The topological polar surface area (TPSA) is 12.0 Å². The van der Waals surface area contributed by atoms with E-state index in [-0.39, 0.29) is 5.41 Å². The van der Waals surface area contributed by atoms with Gasteiger partial charge in [0, 0.05) is 22.2 Å². The minimum Gasteiger partial charge on any atom is -0.355 e. The fourth-order valence-electron chi connectivity index (χ4n) is 9.98. The Kier molecular flexibility index (Phi) is 6.88. The van der Waals surface area contributed by atoms with Crippen molar-refractivity contribution < 1.29 is 0 Å². The predicted octanol–water partition coefficient (Wildman–Crippen LogP) is 14.1. The maximum Gasteiger partial charge on any atom is 0.0714 e. The second kappa shape index (κ2) is 11.9. The first-order chi connectivity index (χ1) is 27.0. The van der Waals surface area contributed by atoms with Crippen LogP contribution in [0.15, 0.2) is 194 Å². The number of benzene rings is 9. The van der Waals surface area contributed by atoms with E-state index >= 15 is 0 Å². The molecule has 0 unspecified atom stereocenters. The van der Waals surface area contributed by atoms with Crippen LogP contribution in [0.25, 0.3) is 54.9 Å². The van der Waals surface area contributed by atoms with E-state index in [1.54, 1.807) is 0 Å². The molecule has 0 atom stereocenters. The molecular formula is C54H39N. The molecule has 260 valence electrons. The molecule has 1 nitrogen and oxygen atoms in total. The molecule has 0 heterocycles. The van der Waals surface area contributed by atoms with E-state index in [2.05, 4.69) is 213 Å². The van der Waals surface area contributed by atoms with Crippen molar-refractivity contribution in [1.82, 2.24) is 0 Å². The predicted molar refractivity (Wildman–Crippen MR) is 231 cm³/mol. The Morgan fingerprint density at radius 3 is 1.69 bits per heavy atom. The maximum absolute atomic E-state index is 3.86. The second-order valence-electron chi connectivity index (χ2n) is 15.7. The average Bonchev–Trinajstić information content (AvgIpc) is 3.67. The lowest BCUT2D eigenvalue weighted by molar-refractivity contribution is 0.660. The summed E-state index contributed by atoms with van der Waals surface area (Å²) < 4.78 is 0. The van der Waals surface area contributed by atoms with Crippen LogP contribution >= 0.6 is 0 Å². The molecule has 0 saturated carbocycles. The molecule has 2 aliphatic carbocycles. The van der Waals surface area contributed by atoms with Gasteiger partial charge in [0.05, 0.1) is 5.41 Å². The van der Waals surface area contributed by atoms with Gasteiger partial charge in [0.25, 0.3) is 0 Å². The van der Waals surface area contributed by atoms with E-state index in [0.717, 1.165) is 11.4 Å². The van der Waals surface area contributed by atoms with E-state index in [0.29, 0.717) is 0 Å². The van der Waals surface area contributed by atoms with Gasteiger partial charge in [0.2, 0.25) is 0 Å². The Labute approximate surface area is 322 Å². The molecule has 0 fully saturated rings. The van der Waals surface area contributed by atoms with Crippen LogP contribution in [0.5, 0.6) is 0 Å². The van der Waals surface area contributed by atoms with E-state index in [4.69, 9.17) is 0 Å². The third kappa shape index (κ3) is 4.60. The molecule has 1 N–H and O–H groups in total. The third-order valence-electron chi connectivity index (χ3n) is 12.5.